The Labute approximate surface area is 156 Å². The van der Waals surface area contributed by atoms with Crippen molar-refractivity contribution in [2.75, 3.05) is 0 Å². The molecule has 0 saturated carbocycles. The van der Waals surface area contributed by atoms with Crippen molar-refractivity contribution in [3.8, 4) is 0 Å². The van der Waals surface area contributed by atoms with Crippen LogP contribution in [0.3, 0.4) is 0 Å². The van der Waals surface area contributed by atoms with Gasteiger partial charge in [-0.2, -0.15) is 0 Å². The van der Waals surface area contributed by atoms with Gasteiger partial charge in [0.05, 0.1) is 4.90 Å². The molecular formula is C14H15KO3S. The minimum Gasteiger partial charge on any atom is -0.744 e. The third kappa shape index (κ3) is 4.36. The number of aryl methyl sites for hydroxylation is 1. The minimum absolute atomic E-state index is 0. The third-order valence-corrected chi connectivity index (χ3v) is 3.89. The van der Waals surface area contributed by atoms with E-state index in [2.05, 4.69) is 6.92 Å². The van der Waals surface area contributed by atoms with E-state index in [9.17, 15) is 13.0 Å². The molecule has 0 saturated heterocycles. The van der Waals surface area contributed by atoms with Crippen molar-refractivity contribution in [1.82, 2.24) is 0 Å². The number of benzene rings is 2. The maximum absolute atomic E-state index is 11.1. The average Bonchev–Trinajstić information content (AvgIpc) is 2.34. The molecule has 0 radical (unpaired) electrons. The van der Waals surface area contributed by atoms with Crippen LogP contribution in [0.1, 0.15) is 25.3 Å². The Morgan fingerprint density at radius 3 is 2.53 bits per heavy atom. The Morgan fingerprint density at radius 1 is 1.16 bits per heavy atom. The fourth-order valence-electron chi connectivity index (χ4n) is 2.06. The summed E-state index contributed by atoms with van der Waals surface area (Å²) in [6.07, 6.45) is 3.19. The van der Waals surface area contributed by atoms with Crippen molar-refractivity contribution in [2.24, 2.45) is 0 Å². The summed E-state index contributed by atoms with van der Waals surface area (Å²) < 4.78 is 33.4. The van der Waals surface area contributed by atoms with E-state index in [1.807, 2.05) is 18.2 Å². The number of unbranched alkanes of at least 4 members (excludes halogenated alkanes) is 1. The van der Waals surface area contributed by atoms with Crippen molar-refractivity contribution >= 4 is 20.9 Å². The van der Waals surface area contributed by atoms with Gasteiger partial charge in [0.25, 0.3) is 0 Å². The fourth-order valence-corrected chi connectivity index (χ4v) is 2.76. The summed E-state index contributed by atoms with van der Waals surface area (Å²) in [5, 5.41) is 1.31. The Hall–Kier alpha value is 0.246. The van der Waals surface area contributed by atoms with Crippen LogP contribution in [0.5, 0.6) is 0 Å². The van der Waals surface area contributed by atoms with Crippen molar-refractivity contribution in [2.45, 2.75) is 31.1 Å². The molecule has 5 heteroatoms. The first-order chi connectivity index (χ1) is 8.52. The molecule has 0 N–H and O–H groups in total. The van der Waals surface area contributed by atoms with Crippen LogP contribution < -0.4 is 51.4 Å². The topological polar surface area (TPSA) is 57.2 Å². The molecule has 0 atom stereocenters. The van der Waals surface area contributed by atoms with Crippen LogP contribution in [-0.2, 0) is 16.5 Å². The summed E-state index contributed by atoms with van der Waals surface area (Å²) >= 11 is 0. The van der Waals surface area contributed by atoms with E-state index < -0.39 is 10.1 Å². The predicted molar refractivity (Wildman–Crippen MR) is 70.5 cm³/mol. The SMILES string of the molecule is CCCCc1ccc2c(S(=O)(=O)[O-])cccc2c1.[K+]. The third-order valence-electron chi connectivity index (χ3n) is 2.99. The Balaban J connectivity index is 0.00000180. The van der Waals surface area contributed by atoms with Gasteiger partial charge >= 0.3 is 51.4 Å². The first-order valence-electron chi connectivity index (χ1n) is 6.00. The number of rotatable bonds is 4. The van der Waals surface area contributed by atoms with Gasteiger partial charge in [-0.25, -0.2) is 8.42 Å². The van der Waals surface area contributed by atoms with Gasteiger partial charge in [0, 0.05) is 0 Å². The zero-order chi connectivity index (χ0) is 13.2. The molecule has 0 aliphatic rings. The van der Waals surface area contributed by atoms with Gasteiger partial charge in [-0.05, 0) is 35.2 Å². The Morgan fingerprint density at radius 2 is 1.89 bits per heavy atom. The summed E-state index contributed by atoms with van der Waals surface area (Å²) in [4.78, 5) is -0.137. The molecule has 0 bridgehead atoms. The maximum atomic E-state index is 11.1. The number of hydrogen-bond acceptors (Lipinski definition) is 3. The summed E-state index contributed by atoms with van der Waals surface area (Å²) in [5.74, 6) is 0. The molecule has 96 valence electrons. The van der Waals surface area contributed by atoms with Crippen molar-refractivity contribution in [3.63, 3.8) is 0 Å². The second-order valence-corrected chi connectivity index (χ2v) is 5.72. The normalized spacial score (nSPS) is 11.3. The van der Waals surface area contributed by atoms with Gasteiger partial charge in [0.2, 0.25) is 0 Å². The van der Waals surface area contributed by atoms with E-state index in [1.54, 1.807) is 12.1 Å². The standard InChI is InChI=1S/C14H16O3S.K/c1-2-3-5-11-8-9-13-12(10-11)6-4-7-14(13)18(15,16)17;/h4,6-10H,2-3,5H2,1H3,(H,15,16,17);/q;+1/p-1. The van der Waals surface area contributed by atoms with Crippen molar-refractivity contribution in [1.29, 1.82) is 0 Å². The molecule has 3 nitrogen and oxygen atoms in total. The molecule has 2 rings (SSSR count). The van der Waals surface area contributed by atoms with Crippen LogP contribution in [-0.4, -0.2) is 13.0 Å². The van der Waals surface area contributed by atoms with Crippen LogP contribution in [0.15, 0.2) is 41.3 Å². The zero-order valence-electron chi connectivity index (χ0n) is 11.2. The molecule has 2 aromatic rings. The molecule has 0 spiro atoms. The molecule has 0 unspecified atom stereocenters. The van der Waals surface area contributed by atoms with Gasteiger partial charge in [-0.3, -0.25) is 0 Å². The van der Waals surface area contributed by atoms with E-state index in [0.717, 1.165) is 24.6 Å². The molecule has 0 aromatic heterocycles. The molecule has 0 heterocycles. The van der Waals surface area contributed by atoms with Gasteiger partial charge < -0.3 is 4.55 Å². The van der Waals surface area contributed by atoms with E-state index in [1.165, 1.54) is 11.6 Å². The van der Waals surface area contributed by atoms with E-state index >= 15 is 0 Å². The first-order valence-corrected chi connectivity index (χ1v) is 7.41. The fraction of sp³-hybridized carbons (Fsp3) is 0.286. The van der Waals surface area contributed by atoms with Crippen LogP contribution in [0.2, 0.25) is 0 Å². The van der Waals surface area contributed by atoms with Gasteiger partial charge in [0.15, 0.2) is 0 Å². The molecular weight excluding hydrogens is 287 g/mol. The zero-order valence-corrected chi connectivity index (χ0v) is 15.2. The maximum Gasteiger partial charge on any atom is 1.00 e. The number of hydrogen-bond donors (Lipinski definition) is 0. The quantitative estimate of drug-likeness (QED) is 0.594. The second kappa shape index (κ2) is 7.31. The van der Waals surface area contributed by atoms with Gasteiger partial charge in [0.1, 0.15) is 10.1 Å². The average molecular weight is 302 g/mol. The summed E-state index contributed by atoms with van der Waals surface area (Å²) in [6.45, 7) is 2.13. The molecule has 0 aliphatic heterocycles. The van der Waals surface area contributed by atoms with Crippen LogP contribution in [0.25, 0.3) is 10.8 Å². The second-order valence-electron chi connectivity index (χ2n) is 4.37. The van der Waals surface area contributed by atoms with E-state index in [0.29, 0.717) is 5.39 Å². The molecule has 2 aromatic carbocycles. The largest absolute Gasteiger partial charge is 1.00 e. The van der Waals surface area contributed by atoms with E-state index in [-0.39, 0.29) is 56.3 Å². The minimum atomic E-state index is -4.41. The monoisotopic (exact) mass is 302 g/mol. The van der Waals surface area contributed by atoms with Crippen molar-refractivity contribution in [3.05, 3.63) is 42.0 Å². The Kier molecular flexibility index (Phi) is 6.66. The molecule has 0 amide bonds. The first kappa shape index (κ1) is 17.3. The van der Waals surface area contributed by atoms with Crippen LogP contribution >= 0.6 is 0 Å². The van der Waals surface area contributed by atoms with Crippen LogP contribution in [0, 0.1) is 0 Å². The summed E-state index contributed by atoms with van der Waals surface area (Å²) in [5.41, 5.74) is 1.17. The smallest absolute Gasteiger partial charge is 0.744 e. The predicted octanol–water partition coefficient (Wildman–Crippen LogP) is 0.0905. The molecule has 0 fully saturated rings. The summed E-state index contributed by atoms with van der Waals surface area (Å²) in [6, 6.07) is 10.4. The summed E-state index contributed by atoms with van der Waals surface area (Å²) in [7, 11) is -4.41. The van der Waals surface area contributed by atoms with E-state index in [4.69, 9.17) is 0 Å². The Bertz CT molecular complexity index is 665. The van der Waals surface area contributed by atoms with Crippen molar-refractivity contribution < 1.29 is 64.4 Å². The van der Waals surface area contributed by atoms with Crippen LogP contribution in [0.4, 0.5) is 0 Å². The molecule has 0 aliphatic carbocycles. The van der Waals surface area contributed by atoms with Gasteiger partial charge in [-0.1, -0.05) is 43.7 Å². The molecule has 19 heavy (non-hydrogen) atoms. The van der Waals surface area contributed by atoms with Gasteiger partial charge in [-0.15, -0.1) is 0 Å². The number of fused-ring (bicyclic) bond motifs is 1.